The number of likely N-dealkylation sites (tertiary alicyclic amines) is 1. The van der Waals surface area contributed by atoms with E-state index in [-0.39, 0.29) is 6.04 Å². The second-order valence-electron chi connectivity index (χ2n) is 4.79. The molecular weight excluding hydrogens is 220 g/mol. The Bertz CT molecular complexity index is 279. The maximum atomic E-state index is 8.69. The van der Waals surface area contributed by atoms with Crippen LogP contribution in [-0.2, 0) is 4.74 Å². The van der Waals surface area contributed by atoms with Crippen LogP contribution in [0.1, 0.15) is 13.3 Å². The van der Waals surface area contributed by atoms with E-state index in [4.69, 9.17) is 15.7 Å². The molecule has 0 saturated carbocycles. The van der Waals surface area contributed by atoms with Gasteiger partial charge in [0.25, 0.3) is 0 Å². The molecule has 0 aromatic heterocycles. The smallest absolute Gasteiger partial charge is 0.156 e. The minimum Gasteiger partial charge on any atom is -0.409 e. The largest absolute Gasteiger partial charge is 0.409 e. The normalized spacial score (nSPS) is 30.6. The maximum Gasteiger partial charge on any atom is 0.156 e. The zero-order chi connectivity index (χ0) is 12.3. The third kappa shape index (κ3) is 2.88. The van der Waals surface area contributed by atoms with Crippen LogP contribution >= 0.6 is 0 Å². The summed E-state index contributed by atoms with van der Waals surface area (Å²) in [7, 11) is 0. The third-order valence-electron chi connectivity index (χ3n) is 3.85. The van der Waals surface area contributed by atoms with Crippen LogP contribution in [0.15, 0.2) is 5.16 Å². The van der Waals surface area contributed by atoms with Crippen LogP contribution in [0.4, 0.5) is 0 Å². The molecule has 2 unspecified atom stereocenters. The summed E-state index contributed by atoms with van der Waals surface area (Å²) in [5.74, 6) is 0.299. The third-order valence-corrected chi connectivity index (χ3v) is 3.85. The Balaban J connectivity index is 1.86. The van der Waals surface area contributed by atoms with Gasteiger partial charge in [0.05, 0.1) is 19.3 Å². The van der Waals surface area contributed by atoms with E-state index in [1.807, 2.05) is 6.92 Å². The van der Waals surface area contributed by atoms with E-state index in [0.29, 0.717) is 11.9 Å². The lowest BCUT2D eigenvalue weighted by Crippen LogP contribution is -2.47. The van der Waals surface area contributed by atoms with Crippen LogP contribution in [0, 0.1) is 0 Å². The van der Waals surface area contributed by atoms with Crippen LogP contribution in [0.2, 0.25) is 0 Å². The van der Waals surface area contributed by atoms with Crippen molar-refractivity contribution in [3.63, 3.8) is 0 Å². The molecule has 0 aromatic carbocycles. The number of hydrogen-bond acceptors (Lipinski definition) is 5. The minimum absolute atomic E-state index is 0.0195. The summed E-state index contributed by atoms with van der Waals surface area (Å²) in [6.07, 6.45) is 1.16. The number of nitrogens with zero attached hydrogens (tertiary/aromatic N) is 3. The van der Waals surface area contributed by atoms with Crippen molar-refractivity contribution in [3.05, 3.63) is 0 Å². The molecule has 0 bridgehead atoms. The van der Waals surface area contributed by atoms with Gasteiger partial charge in [0.1, 0.15) is 0 Å². The highest BCUT2D eigenvalue weighted by Crippen LogP contribution is 2.18. The Hall–Kier alpha value is -0.850. The van der Waals surface area contributed by atoms with E-state index in [0.717, 1.165) is 45.8 Å². The SMILES string of the molecule is CC(/C(N)=N/O)N1CCC(N2CCOCC2)C1. The second kappa shape index (κ2) is 5.66. The molecule has 2 heterocycles. The van der Waals surface area contributed by atoms with E-state index < -0.39 is 0 Å². The summed E-state index contributed by atoms with van der Waals surface area (Å²) in [6, 6.07) is 0.610. The van der Waals surface area contributed by atoms with Gasteiger partial charge in [-0.2, -0.15) is 0 Å². The fourth-order valence-corrected chi connectivity index (χ4v) is 2.63. The van der Waals surface area contributed by atoms with Crippen LogP contribution in [0.5, 0.6) is 0 Å². The van der Waals surface area contributed by atoms with Gasteiger partial charge in [0, 0.05) is 32.2 Å². The number of ether oxygens (including phenoxy) is 1. The number of rotatable bonds is 3. The molecule has 3 N–H and O–H groups in total. The molecule has 2 atom stereocenters. The first-order valence-electron chi connectivity index (χ1n) is 6.25. The van der Waals surface area contributed by atoms with Crippen molar-refractivity contribution < 1.29 is 9.94 Å². The zero-order valence-corrected chi connectivity index (χ0v) is 10.4. The molecule has 17 heavy (non-hydrogen) atoms. The van der Waals surface area contributed by atoms with Crippen LogP contribution in [0.25, 0.3) is 0 Å². The van der Waals surface area contributed by atoms with Crippen molar-refractivity contribution in [2.24, 2.45) is 10.9 Å². The van der Waals surface area contributed by atoms with Gasteiger partial charge in [-0.05, 0) is 13.3 Å². The van der Waals surface area contributed by atoms with Crippen molar-refractivity contribution in [3.8, 4) is 0 Å². The highest BCUT2D eigenvalue weighted by Gasteiger charge is 2.31. The standard InChI is InChI=1S/C11H22N4O2/c1-9(11(12)13-16)15-3-2-10(8-15)14-4-6-17-7-5-14/h9-10,16H,2-8H2,1H3,(H2,12,13). The molecule has 2 fully saturated rings. The van der Waals surface area contributed by atoms with Crippen molar-refractivity contribution in [2.45, 2.75) is 25.4 Å². The van der Waals surface area contributed by atoms with Crippen molar-refractivity contribution in [1.82, 2.24) is 9.80 Å². The molecule has 0 amide bonds. The van der Waals surface area contributed by atoms with Gasteiger partial charge in [0.15, 0.2) is 5.84 Å². The molecule has 2 rings (SSSR count). The molecule has 2 aliphatic heterocycles. The number of morpholine rings is 1. The Morgan fingerprint density at radius 1 is 1.41 bits per heavy atom. The lowest BCUT2D eigenvalue weighted by Gasteiger charge is -2.32. The van der Waals surface area contributed by atoms with Crippen LogP contribution < -0.4 is 5.73 Å². The molecule has 2 aliphatic rings. The monoisotopic (exact) mass is 242 g/mol. The van der Waals surface area contributed by atoms with Gasteiger partial charge in [0.2, 0.25) is 0 Å². The predicted molar refractivity (Wildman–Crippen MR) is 65.2 cm³/mol. The number of hydrogen-bond donors (Lipinski definition) is 2. The van der Waals surface area contributed by atoms with Crippen LogP contribution in [0.3, 0.4) is 0 Å². The fraction of sp³-hybridized carbons (Fsp3) is 0.909. The van der Waals surface area contributed by atoms with Gasteiger partial charge in [-0.1, -0.05) is 5.16 Å². The topological polar surface area (TPSA) is 74.3 Å². The summed E-state index contributed by atoms with van der Waals surface area (Å²) in [5, 5.41) is 11.8. The Morgan fingerprint density at radius 2 is 2.12 bits per heavy atom. The van der Waals surface area contributed by atoms with Gasteiger partial charge in [-0.3, -0.25) is 9.80 Å². The van der Waals surface area contributed by atoms with Gasteiger partial charge >= 0.3 is 0 Å². The quantitative estimate of drug-likeness (QED) is 0.303. The summed E-state index contributed by atoms with van der Waals surface area (Å²) in [5.41, 5.74) is 5.64. The molecule has 0 aromatic rings. The first-order chi connectivity index (χ1) is 8.22. The molecule has 0 radical (unpaired) electrons. The van der Waals surface area contributed by atoms with Crippen LogP contribution in [-0.4, -0.2) is 72.3 Å². The van der Waals surface area contributed by atoms with Crippen molar-refractivity contribution >= 4 is 5.84 Å². The second-order valence-corrected chi connectivity index (χ2v) is 4.79. The van der Waals surface area contributed by atoms with E-state index in [2.05, 4.69) is 15.0 Å². The van der Waals surface area contributed by atoms with Gasteiger partial charge in [-0.25, -0.2) is 0 Å². The molecule has 0 aliphatic carbocycles. The number of nitrogens with two attached hydrogens (primary N) is 1. The van der Waals surface area contributed by atoms with E-state index in [1.54, 1.807) is 0 Å². The van der Waals surface area contributed by atoms with Crippen molar-refractivity contribution in [2.75, 3.05) is 39.4 Å². The first kappa shape index (κ1) is 12.6. The van der Waals surface area contributed by atoms with Gasteiger partial charge < -0.3 is 15.7 Å². The summed E-state index contributed by atoms with van der Waals surface area (Å²) in [6.45, 7) is 7.72. The average Bonchev–Trinajstić information content (AvgIpc) is 2.87. The first-order valence-corrected chi connectivity index (χ1v) is 6.25. The van der Waals surface area contributed by atoms with E-state index >= 15 is 0 Å². The molecular formula is C11H22N4O2. The zero-order valence-electron chi connectivity index (χ0n) is 10.4. The molecule has 2 saturated heterocycles. The minimum atomic E-state index is 0.0195. The average molecular weight is 242 g/mol. The lowest BCUT2D eigenvalue weighted by atomic mass is 10.2. The Morgan fingerprint density at radius 3 is 2.76 bits per heavy atom. The molecule has 6 heteroatoms. The lowest BCUT2D eigenvalue weighted by molar-refractivity contribution is 0.0182. The van der Waals surface area contributed by atoms with Gasteiger partial charge in [-0.15, -0.1) is 0 Å². The Kier molecular flexibility index (Phi) is 4.20. The number of amidine groups is 1. The summed E-state index contributed by atoms with van der Waals surface area (Å²) >= 11 is 0. The predicted octanol–water partition coefficient (Wildman–Crippen LogP) is -0.472. The molecule has 0 spiro atoms. The number of oxime groups is 1. The summed E-state index contributed by atoms with van der Waals surface area (Å²) in [4.78, 5) is 4.76. The molecule has 6 nitrogen and oxygen atoms in total. The molecule has 98 valence electrons. The summed E-state index contributed by atoms with van der Waals surface area (Å²) < 4.78 is 5.36. The van der Waals surface area contributed by atoms with E-state index in [9.17, 15) is 0 Å². The fourth-order valence-electron chi connectivity index (χ4n) is 2.63. The van der Waals surface area contributed by atoms with Crippen molar-refractivity contribution in [1.29, 1.82) is 0 Å². The Labute approximate surface area is 102 Å². The van der Waals surface area contributed by atoms with E-state index in [1.165, 1.54) is 0 Å². The highest BCUT2D eigenvalue weighted by atomic mass is 16.5. The maximum absolute atomic E-state index is 8.69. The highest BCUT2D eigenvalue weighted by molar-refractivity contribution is 5.84.